The molecule has 20 heavy (non-hydrogen) atoms. The van der Waals surface area contributed by atoms with Crippen molar-refractivity contribution in [3.8, 4) is 0 Å². The van der Waals surface area contributed by atoms with Gasteiger partial charge in [-0.15, -0.1) is 0 Å². The lowest BCUT2D eigenvalue weighted by atomic mass is 9.93. The zero-order valence-corrected chi connectivity index (χ0v) is 11.7. The fraction of sp³-hybridized carbons (Fsp3) is 0.615. The first-order valence-electron chi connectivity index (χ1n) is 6.91. The Bertz CT molecular complexity index is 503. The van der Waals surface area contributed by atoms with E-state index in [4.69, 9.17) is 11.5 Å². The molecular formula is C13H21N5O2. The summed E-state index contributed by atoms with van der Waals surface area (Å²) in [5.74, 6) is -0.0764. The van der Waals surface area contributed by atoms with Gasteiger partial charge in [0.15, 0.2) is 0 Å². The minimum absolute atomic E-state index is 0.0839. The zero-order valence-electron chi connectivity index (χ0n) is 11.7. The lowest BCUT2D eigenvalue weighted by molar-refractivity contribution is -0.119. The molecule has 4 N–H and O–H groups in total. The maximum absolute atomic E-state index is 12.5. The number of hydrogen-bond donors (Lipinski definition) is 2. The predicted molar refractivity (Wildman–Crippen MR) is 74.8 cm³/mol. The van der Waals surface area contributed by atoms with E-state index in [1.807, 2.05) is 6.92 Å². The number of anilines is 1. The van der Waals surface area contributed by atoms with Crippen molar-refractivity contribution in [2.45, 2.75) is 32.7 Å². The quantitative estimate of drug-likeness (QED) is 0.821. The molecule has 0 saturated carbocycles. The van der Waals surface area contributed by atoms with Gasteiger partial charge in [-0.2, -0.15) is 5.10 Å². The number of likely N-dealkylation sites (tertiary alicyclic amines) is 1. The summed E-state index contributed by atoms with van der Waals surface area (Å²) < 4.78 is 1.62. The van der Waals surface area contributed by atoms with E-state index in [1.165, 1.54) is 6.20 Å². The number of aryl methyl sites for hydroxylation is 1. The molecule has 0 bridgehead atoms. The van der Waals surface area contributed by atoms with Crippen molar-refractivity contribution in [2.24, 2.45) is 11.7 Å². The highest BCUT2D eigenvalue weighted by molar-refractivity contribution is 5.97. The minimum atomic E-state index is -0.275. The molecule has 1 aliphatic heterocycles. The average molecular weight is 279 g/mol. The average Bonchev–Trinajstić information content (AvgIpc) is 2.79. The highest BCUT2D eigenvalue weighted by atomic mass is 16.2. The molecule has 1 fully saturated rings. The molecule has 0 atom stereocenters. The van der Waals surface area contributed by atoms with Crippen LogP contribution in [0.15, 0.2) is 6.20 Å². The first-order chi connectivity index (χ1) is 9.52. The highest BCUT2D eigenvalue weighted by Crippen LogP contribution is 2.23. The molecule has 2 heterocycles. The number of piperidine rings is 1. The Balaban J connectivity index is 2.01. The lowest BCUT2D eigenvalue weighted by Gasteiger charge is -2.31. The molecule has 0 unspecified atom stereocenters. The van der Waals surface area contributed by atoms with Crippen LogP contribution in [0, 0.1) is 5.92 Å². The molecule has 0 radical (unpaired) electrons. The van der Waals surface area contributed by atoms with E-state index in [0.29, 0.717) is 37.4 Å². The van der Waals surface area contributed by atoms with Crippen molar-refractivity contribution in [2.75, 3.05) is 18.8 Å². The molecule has 1 saturated heterocycles. The summed E-state index contributed by atoms with van der Waals surface area (Å²) in [4.78, 5) is 25.2. The van der Waals surface area contributed by atoms with Crippen molar-refractivity contribution in [3.63, 3.8) is 0 Å². The topological polar surface area (TPSA) is 107 Å². The first kappa shape index (κ1) is 14.4. The van der Waals surface area contributed by atoms with E-state index in [0.717, 1.165) is 12.8 Å². The number of amides is 2. The van der Waals surface area contributed by atoms with E-state index in [2.05, 4.69) is 5.10 Å². The van der Waals surface area contributed by atoms with Crippen LogP contribution >= 0.6 is 0 Å². The third-order valence-electron chi connectivity index (χ3n) is 3.76. The lowest BCUT2D eigenvalue weighted by Crippen LogP contribution is -2.40. The Hall–Kier alpha value is -2.05. The number of hydrogen-bond acceptors (Lipinski definition) is 4. The van der Waals surface area contributed by atoms with Gasteiger partial charge in [-0.1, -0.05) is 0 Å². The van der Waals surface area contributed by atoms with Crippen molar-refractivity contribution in [1.82, 2.24) is 14.7 Å². The molecule has 1 aromatic rings. The zero-order chi connectivity index (χ0) is 14.7. The van der Waals surface area contributed by atoms with Gasteiger partial charge in [-0.05, 0) is 25.7 Å². The Morgan fingerprint density at radius 2 is 2.05 bits per heavy atom. The van der Waals surface area contributed by atoms with Crippen LogP contribution in [0.1, 0.15) is 36.7 Å². The number of nitrogens with two attached hydrogens (primary N) is 2. The van der Waals surface area contributed by atoms with Crippen molar-refractivity contribution >= 4 is 17.5 Å². The molecule has 110 valence electrons. The maximum Gasteiger partial charge on any atom is 0.274 e. The van der Waals surface area contributed by atoms with Gasteiger partial charge in [0, 0.05) is 26.1 Å². The SMILES string of the molecule is CCn1ncc(N)c1C(=O)N1CCC(CC(N)=O)CC1. The second-order valence-electron chi connectivity index (χ2n) is 5.17. The monoisotopic (exact) mass is 279 g/mol. The van der Waals surface area contributed by atoms with Crippen LogP contribution in [0.2, 0.25) is 0 Å². The summed E-state index contributed by atoms with van der Waals surface area (Å²) in [6.45, 7) is 3.79. The fourth-order valence-corrected chi connectivity index (χ4v) is 2.65. The molecule has 0 aromatic carbocycles. The predicted octanol–water partition coefficient (Wildman–Crippen LogP) is 0.213. The van der Waals surface area contributed by atoms with Crippen LogP contribution < -0.4 is 11.5 Å². The normalized spacial score (nSPS) is 16.4. The largest absolute Gasteiger partial charge is 0.396 e. The Kier molecular flexibility index (Phi) is 4.26. The van der Waals surface area contributed by atoms with Gasteiger partial charge >= 0.3 is 0 Å². The number of nitrogen functional groups attached to an aromatic ring is 1. The van der Waals surface area contributed by atoms with Crippen LogP contribution in [-0.4, -0.2) is 39.6 Å². The second kappa shape index (κ2) is 5.94. The summed E-state index contributed by atoms with van der Waals surface area (Å²) in [5, 5.41) is 4.09. The Labute approximate surface area is 117 Å². The van der Waals surface area contributed by atoms with E-state index in [9.17, 15) is 9.59 Å². The number of aromatic nitrogens is 2. The molecule has 1 aromatic heterocycles. The third kappa shape index (κ3) is 2.92. The fourth-order valence-electron chi connectivity index (χ4n) is 2.65. The Morgan fingerprint density at radius 3 is 2.60 bits per heavy atom. The standard InChI is InChI=1S/C13H21N5O2/c1-2-18-12(10(14)8-16-18)13(20)17-5-3-9(4-6-17)7-11(15)19/h8-9H,2-7,14H2,1H3,(H2,15,19). The van der Waals surface area contributed by atoms with E-state index >= 15 is 0 Å². The number of carbonyl (C=O) groups excluding carboxylic acids is 2. The molecule has 0 spiro atoms. The summed E-state index contributed by atoms with van der Waals surface area (Å²) in [6, 6.07) is 0. The molecule has 2 rings (SSSR count). The number of carbonyl (C=O) groups is 2. The molecular weight excluding hydrogens is 258 g/mol. The number of nitrogens with zero attached hydrogens (tertiary/aromatic N) is 3. The summed E-state index contributed by atoms with van der Waals surface area (Å²) in [5.41, 5.74) is 11.9. The number of primary amides is 1. The van der Waals surface area contributed by atoms with Gasteiger partial charge in [0.05, 0.1) is 11.9 Å². The maximum atomic E-state index is 12.5. The minimum Gasteiger partial charge on any atom is -0.396 e. The van der Waals surface area contributed by atoms with Gasteiger partial charge in [-0.25, -0.2) is 0 Å². The van der Waals surface area contributed by atoms with Crippen molar-refractivity contribution in [1.29, 1.82) is 0 Å². The van der Waals surface area contributed by atoms with Gasteiger partial charge in [-0.3, -0.25) is 14.3 Å². The van der Waals surface area contributed by atoms with Crippen molar-refractivity contribution < 1.29 is 9.59 Å². The first-order valence-corrected chi connectivity index (χ1v) is 6.91. The second-order valence-corrected chi connectivity index (χ2v) is 5.17. The summed E-state index contributed by atoms with van der Waals surface area (Å²) in [6.07, 6.45) is 3.51. The third-order valence-corrected chi connectivity index (χ3v) is 3.76. The molecule has 7 nitrogen and oxygen atoms in total. The highest BCUT2D eigenvalue weighted by Gasteiger charge is 2.27. The molecule has 0 aliphatic carbocycles. The van der Waals surface area contributed by atoms with E-state index in [1.54, 1.807) is 9.58 Å². The molecule has 1 aliphatic rings. The van der Waals surface area contributed by atoms with Crippen LogP contribution in [0.5, 0.6) is 0 Å². The van der Waals surface area contributed by atoms with Gasteiger partial charge in [0.25, 0.3) is 5.91 Å². The molecule has 2 amide bonds. The summed E-state index contributed by atoms with van der Waals surface area (Å²) in [7, 11) is 0. The van der Waals surface area contributed by atoms with Gasteiger partial charge in [0.2, 0.25) is 5.91 Å². The van der Waals surface area contributed by atoms with Gasteiger partial charge in [0.1, 0.15) is 5.69 Å². The van der Waals surface area contributed by atoms with Crippen LogP contribution in [0.4, 0.5) is 5.69 Å². The Morgan fingerprint density at radius 1 is 1.40 bits per heavy atom. The number of rotatable bonds is 4. The van der Waals surface area contributed by atoms with Crippen LogP contribution in [0.25, 0.3) is 0 Å². The van der Waals surface area contributed by atoms with Crippen molar-refractivity contribution in [3.05, 3.63) is 11.9 Å². The van der Waals surface area contributed by atoms with E-state index < -0.39 is 0 Å². The smallest absolute Gasteiger partial charge is 0.274 e. The van der Waals surface area contributed by atoms with E-state index in [-0.39, 0.29) is 17.7 Å². The summed E-state index contributed by atoms with van der Waals surface area (Å²) >= 11 is 0. The van der Waals surface area contributed by atoms with Crippen LogP contribution in [0.3, 0.4) is 0 Å². The van der Waals surface area contributed by atoms with Crippen LogP contribution in [-0.2, 0) is 11.3 Å². The van der Waals surface area contributed by atoms with Gasteiger partial charge < -0.3 is 16.4 Å². The molecule has 7 heteroatoms.